The molecule has 0 spiro atoms. The molecule has 1 heterocycles. The van der Waals surface area contributed by atoms with Gasteiger partial charge in [-0.05, 0) is 24.5 Å². The molecule has 3 rings (SSSR count). The van der Waals surface area contributed by atoms with Crippen molar-refractivity contribution in [3.05, 3.63) is 35.6 Å². The molecule has 2 unspecified atom stereocenters. The quantitative estimate of drug-likeness (QED) is 0.584. The van der Waals surface area contributed by atoms with Gasteiger partial charge in [0.15, 0.2) is 0 Å². The number of fused-ring (bicyclic) bond motifs is 1. The van der Waals surface area contributed by atoms with E-state index in [-0.39, 0.29) is 41.9 Å². The van der Waals surface area contributed by atoms with Crippen LogP contribution in [-0.2, 0) is 20.1 Å². The van der Waals surface area contributed by atoms with Gasteiger partial charge in [0.05, 0.1) is 11.8 Å². The van der Waals surface area contributed by atoms with E-state index in [1.165, 1.54) is 17.8 Å². The number of amides is 3. The average molecular weight is 378 g/mol. The van der Waals surface area contributed by atoms with E-state index in [0.717, 1.165) is 30.6 Å². The molecule has 1 N–H and O–H groups in total. The van der Waals surface area contributed by atoms with E-state index in [2.05, 4.69) is 5.32 Å². The summed E-state index contributed by atoms with van der Waals surface area (Å²) in [4.78, 5) is 37.9. The zero-order chi connectivity index (χ0) is 18.5. The lowest BCUT2D eigenvalue weighted by Crippen LogP contribution is -2.41. The first-order valence-electron chi connectivity index (χ1n) is 9.01. The summed E-state index contributed by atoms with van der Waals surface area (Å²) in [6, 6.07) is 6.62. The first-order valence-corrected chi connectivity index (χ1v) is 10.2. The molecular formula is C19H23FN2O3S. The summed E-state index contributed by atoms with van der Waals surface area (Å²) < 4.78 is 13.5. The average Bonchev–Trinajstić information content (AvgIpc) is 2.88. The molecule has 1 aromatic carbocycles. The van der Waals surface area contributed by atoms with Crippen LogP contribution in [0.1, 0.15) is 31.2 Å². The monoisotopic (exact) mass is 378 g/mol. The number of thioether (sulfide) groups is 1. The van der Waals surface area contributed by atoms with Gasteiger partial charge in [0.1, 0.15) is 12.4 Å². The Bertz CT molecular complexity index is 673. The molecule has 140 valence electrons. The summed E-state index contributed by atoms with van der Waals surface area (Å²) in [6.07, 6.45) is 3.44. The number of rotatable bonds is 7. The summed E-state index contributed by atoms with van der Waals surface area (Å²) in [6.45, 7) is 0.226. The maximum Gasteiger partial charge on any atom is 0.240 e. The fraction of sp³-hybridized carbons (Fsp3) is 0.526. The van der Waals surface area contributed by atoms with Gasteiger partial charge < -0.3 is 5.32 Å². The number of hydrogen-bond donors (Lipinski definition) is 1. The minimum absolute atomic E-state index is 0.191. The van der Waals surface area contributed by atoms with Gasteiger partial charge in [0.25, 0.3) is 0 Å². The van der Waals surface area contributed by atoms with Gasteiger partial charge in [-0.1, -0.05) is 31.0 Å². The molecular weight excluding hydrogens is 355 g/mol. The summed E-state index contributed by atoms with van der Waals surface area (Å²) in [5, 5.41) is 2.73. The highest BCUT2D eigenvalue weighted by molar-refractivity contribution is 7.98. The number of carbonyl (C=O) groups excluding carboxylic acids is 3. The number of carbonyl (C=O) groups is 3. The highest BCUT2D eigenvalue weighted by atomic mass is 32.2. The Morgan fingerprint density at radius 1 is 1.15 bits per heavy atom. The first-order chi connectivity index (χ1) is 12.6. The third-order valence-corrected chi connectivity index (χ3v) is 6.03. The van der Waals surface area contributed by atoms with Gasteiger partial charge in [-0.2, -0.15) is 11.8 Å². The Morgan fingerprint density at radius 3 is 2.46 bits per heavy atom. The van der Waals surface area contributed by atoms with Crippen molar-refractivity contribution < 1.29 is 18.8 Å². The van der Waals surface area contributed by atoms with Crippen molar-refractivity contribution in [2.24, 2.45) is 11.8 Å². The van der Waals surface area contributed by atoms with E-state index in [9.17, 15) is 18.8 Å². The number of likely N-dealkylation sites (tertiary alicyclic amines) is 1. The largest absolute Gasteiger partial charge is 0.354 e. The molecule has 5 nitrogen and oxygen atoms in total. The van der Waals surface area contributed by atoms with Crippen molar-refractivity contribution in [1.29, 1.82) is 0 Å². The van der Waals surface area contributed by atoms with Crippen LogP contribution in [0.2, 0.25) is 0 Å². The smallest absolute Gasteiger partial charge is 0.240 e. The van der Waals surface area contributed by atoms with Gasteiger partial charge in [-0.15, -0.1) is 0 Å². The Hall–Kier alpha value is -1.89. The van der Waals surface area contributed by atoms with Crippen LogP contribution in [0.5, 0.6) is 0 Å². The molecule has 2 atom stereocenters. The number of imide groups is 1. The maximum atomic E-state index is 13.5. The lowest BCUT2D eigenvalue weighted by atomic mass is 9.81. The molecule has 0 radical (unpaired) electrons. The number of hydrogen-bond acceptors (Lipinski definition) is 4. The Labute approximate surface area is 156 Å². The molecule has 0 aromatic heterocycles. The maximum absolute atomic E-state index is 13.5. The Morgan fingerprint density at radius 2 is 1.81 bits per heavy atom. The zero-order valence-electron chi connectivity index (χ0n) is 14.6. The lowest BCUT2D eigenvalue weighted by molar-refractivity contribution is -0.143. The third-order valence-electron chi connectivity index (χ3n) is 5.02. The van der Waals surface area contributed by atoms with E-state index in [1.54, 1.807) is 18.2 Å². The highest BCUT2D eigenvalue weighted by Gasteiger charge is 2.48. The molecule has 1 aliphatic carbocycles. The van der Waals surface area contributed by atoms with Crippen LogP contribution in [0.3, 0.4) is 0 Å². The predicted octanol–water partition coefficient (Wildman–Crippen LogP) is 2.35. The number of nitrogens with zero attached hydrogens (tertiary/aromatic N) is 1. The fourth-order valence-corrected chi connectivity index (χ4v) is 4.49. The normalized spacial score (nSPS) is 22.4. The zero-order valence-corrected chi connectivity index (χ0v) is 15.4. The molecule has 1 aromatic rings. The van der Waals surface area contributed by atoms with Crippen LogP contribution in [0.15, 0.2) is 24.3 Å². The molecule has 2 aliphatic rings. The van der Waals surface area contributed by atoms with Crippen LogP contribution in [0.25, 0.3) is 0 Å². The second-order valence-corrected chi connectivity index (χ2v) is 7.86. The van der Waals surface area contributed by atoms with Crippen LogP contribution in [0.4, 0.5) is 4.39 Å². The van der Waals surface area contributed by atoms with Gasteiger partial charge in [-0.3, -0.25) is 19.3 Å². The van der Waals surface area contributed by atoms with Crippen molar-refractivity contribution in [1.82, 2.24) is 10.2 Å². The number of benzene rings is 1. The molecule has 1 aliphatic heterocycles. The van der Waals surface area contributed by atoms with Crippen LogP contribution < -0.4 is 5.32 Å². The second kappa shape index (κ2) is 8.66. The van der Waals surface area contributed by atoms with Crippen molar-refractivity contribution in [2.45, 2.75) is 31.4 Å². The second-order valence-electron chi connectivity index (χ2n) is 6.75. The minimum Gasteiger partial charge on any atom is -0.354 e. The fourth-order valence-electron chi connectivity index (χ4n) is 3.65. The molecule has 2 fully saturated rings. The number of nitrogens with one attached hydrogen (secondary N) is 1. The molecule has 1 saturated carbocycles. The van der Waals surface area contributed by atoms with E-state index >= 15 is 0 Å². The van der Waals surface area contributed by atoms with E-state index in [0.29, 0.717) is 23.6 Å². The van der Waals surface area contributed by atoms with Crippen molar-refractivity contribution >= 4 is 29.5 Å². The Kier molecular flexibility index (Phi) is 6.29. The van der Waals surface area contributed by atoms with Gasteiger partial charge in [0.2, 0.25) is 17.7 Å². The van der Waals surface area contributed by atoms with Crippen molar-refractivity contribution in [3.8, 4) is 0 Å². The predicted molar refractivity (Wildman–Crippen MR) is 97.7 cm³/mol. The van der Waals surface area contributed by atoms with E-state index in [4.69, 9.17) is 0 Å². The SMILES string of the molecule is O=C(CN1C(=O)C2CCCCC2C1=O)NCCSCc1ccccc1F. The van der Waals surface area contributed by atoms with Gasteiger partial charge in [0, 0.05) is 18.1 Å². The van der Waals surface area contributed by atoms with E-state index < -0.39 is 0 Å². The molecule has 7 heteroatoms. The molecule has 3 amide bonds. The van der Waals surface area contributed by atoms with Gasteiger partial charge in [-0.25, -0.2) is 4.39 Å². The molecule has 1 saturated heterocycles. The Balaban J connectivity index is 1.38. The minimum atomic E-state index is -0.322. The van der Waals surface area contributed by atoms with Crippen LogP contribution >= 0.6 is 11.8 Å². The lowest BCUT2D eigenvalue weighted by Gasteiger charge is -2.19. The molecule has 26 heavy (non-hydrogen) atoms. The standard InChI is InChI=1S/C19H23FN2O3S/c20-16-8-4-1-5-13(16)12-26-10-9-21-17(23)11-22-18(24)14-6-2-3-7-15(14)19(22)25/h1,4-5,8,14-15H,2-3,6-7,9-12H2,(H,21,23). The van der Waals surface area contributed by atoms with Crippen molar-refractivity contribution in [2.75, 3.05) is 18.8 Å². The summed E-state index contributed by atoms with van der Waals surface area (Å²) in [5.74, 6) is -0.205. The van der Waals surface area contributed by atoms with Crippen LogP contribution in [-0.4, -0.2) is 41.5 Å². The number of halogens is 1. The van der Waals surface area contributed by atoms with Crippen molar-refractivity contribution in [3.63, 3.8) is 0 Å². The van der Waals surface area contributed by atoms with Crippen LogP contribution in [0, 0.1) is 17.7 Å². The van der Waals surface area contributed by atoms with E-state index in [1.807, 2.05) is 0 Å². The first kappa shape index (κ1) is 18.9. The topological polar surface area (TPSA) is 66.5 Å². The summed E-state index contributed by atoms with van der Waals surface area (Å²) in [7, 11) is 0. The highest BCUT2D eigenvalue weighted by Crippen LogP contribution is 2.37. The summed E-state index contributed by atoms with van der Waals surface area (Å²) in [5.41, 5.74) is 0.639. The van der Waals surface area contributed by atoms with Gasteiger partial charge >= 0.3 is 0 Å². The summed E-state index contributed by atoms with van der Waals surface area (Å²) >= 11 is 1.52. The molecule has 0 bridgehead atoms. The third kappa shape index (κ3) is 4.26.